The van der Waals surface area contributed by atoms with Gasteiger partial charge in [-0.15, -0.1) is 0 Å². The second kappa shape index (κ2) is 5.15. The highest BCUT2D eigenvalue weighted by Crippen LogP contribution is 2.18. The van der Waals surface area contributed by atoms with Gasteiger partial charge in [0.05, 0.1) is 5.69 Å². The van der Waals surface area contributed by atoms with Gasteiger partial charge in [-0.05, 0) is 13.5 Å². The molecule has 14 heavy (non-hydrogen) atoms. The van der Waals surface area contributed by atoms with Gasteiger partial charge >= 0.3 is 0 Å². The number of aromatic nitrogens is 1. The van der Waals surface area contributed by atoms with Crippen LogP contribution in [-0.2, 0) is 12.8 Å². The number of nitrogens with zero attached hydrogens (tertiary/aromatic N) is 1. The minimum atomic E-state index is 0.378. The molecule has 0 fully saturated rings. The van der Waals surface area contributed by atoms with Crippen LogP contribution in [0.25, 0.3) is 0 Å². The fourth-order valence-corrected chi connectivity index (χ4v) is 1.36. The standard InChI is InChI=1S/C11H20N2O/c1-5-9-10(6-7-12-4)14-11(13-9)8(2)3/h8,12H,5-7H2,1-4H3. The predicted molar refractivity (Wildman–Crippen MR) is 57.6 cm³/mol. The van der Waals surface area contributed by atoms with Crippen molar-refractivity contribution in [3.8, 4) is 0 Å². The van der Waals surface area contributed by atoms with Crippen molar-refractivity contribution in [1.82, 2.24) is 10.3 Å². The van der Waals surface area contributed by atoms with E-state index in [1.165, 1.54) is 0 Å². The summed E-state index contributed by atoms with van der Waals surface area (Å²) in [5.74, 6) is 2.29. The van der Waals surface area contributed by atoms with Crippen LogP contribution in [0.2, 0.25) is 0 Å². The number of oxazole rings is 1. The van der Waals surface area contributed by atoms with Crippen LogP contribution >= 0.6 is 0 Å². The van der Waals surface area contributed by atoms with Gasteiger partial charge in [0.1, 0.15) is 5.76 Å². The summed E-state index contributed by atoms with van der Waals surface area (Å²) in [6.07, 6.45) is 1.88. The highest BCUT2D eigenvalue weighted by Gasteiger charge is 2.13. The van der Waals surface area contributed by atoms with Crippen molar-refractivity contribution >= 4 is 0 Å². The molecule has 1 heterocycles. The average Bonchev–Trinajstić information content (AvgIpc) is 2.57. The number of likely N-dealkylation sites (N-methyl/N-ethyl adjacent to an activating group) is 1. The molecule has 0 saturated carbocycles. The van der Waals surface area contributed by atoms with E-state index in [1.807, 2.05) is 7.05 Å². The highest BCUT2D eigenvalue weighted by molar-refractivity contribution is 5.11. The normalized spacial score (nSPS) is 11.2. The third-order valence-electron chi connectivity index (χ3n) is 2.23. The van der Waals surface area contributed by atoms with Crippen LogP contribution in [-0.4, -0.2) is 18.6 Å². The summed E-state index contributed by atoms with van der Waals surface area (Å²) in [5.41, 5.74) is 1.11. The molecule has 3 heteroatoms. The summed E-state index contributed by atoms with van der Waals surface area (Å²) in [5, 5.41) is 3.12. The molecule has 1 aromatic rings. The van der Waals surface area contributed by atoms with E-state index in [-0.39, 0.29) is 0 Å². The molecule has 0 radical (unpaired) electrons. The average molecular weight is 196 g/mol. The molecule has 0 bridgehead atoms. The topological polar surface area (TPSA) is 38.1 Å². The van der Waals surface area contributed by atoms with E-state index in [1.54, 1.807) is 0 Å². The molecule has 1 aromatic heterocycles. The van der Waals surface area contributed by atoms with Gasteiger partial charge in [0.2, 0.25) is 0 Å². The SMILES string of the molecule is CCc1nc(C(C)C)oc1CCNC. The quantitative estimate of drug-likeness (QED) is 0.784. The molecule has 0 unspecified atom stereocenters. The Morgan fingerprint density at radius 2 is 2.14 bits per heavy atom. The maximum atomic E-state index is 5.72. The van der Waals surface area contributed by atoms with Gasteiger partial charge in [0.25, 0.3) is 0 Å². The fourth-order valence-electron chi connectivity index (χ4n) is 1.36. The lowest BCUT2D eigenvalue weighted by atomic mass is 10.2. The van der Waals surface area contributed by atoms with Gasteiger partial charge in [-0.3, -0.25) is 0 Å². The minimum Gasteiger partial charge on any atom is -0.445 e. The number of rotatable bonds is 5. The second-order valence-corrected chi connectivity index (χ2v) is 3.78. The Labute approximate surface area is 85.9 Å². The molecule has 0 saturated heterocycles. The second-order valence-electron chi connectivity index (χ2n) is 3.78. The lowest BCUT2D eigenvalue weighted by Gasteiger charge is -1.98. The van der Waals surface area contributed by atoms with E-state index >= 15 is 0 Å². The molecule has 0 aliphatic heterocycles. The zero-order valence-corrected chi connectivity index (χ0v) is 9.55. The van der Waals surface area contributed by atoms with Crippen molar-refractivity contribution in [2.24, 2.45) is 0 Å². The molecule has 0 amide bonds. The monoisotopic (exact) mass is 196 g/mol. The Balaban J connectivity index is 2.79. The van der Waals surface area contributed by atoms with Gasteiger partial charge in [0.15, 0.2) is 5.89 Å². The molecule has 0 aliphatic carbocycles. The Hall–Kier alpha value is -0.830. The summed E-state index contributed by atoms with van der Waals surface area (Å²) in [4.78, 5) is 4.49. The van der Waals surface area contributed by atoms with Crippen LogP contribution in [0, 0.1) is 0 Å². The largest absolute Gasteiger partial charge is 0.445 e. The van der Waals surface area contributed by atoms with Gasteiger partial charge in [-0.2, -0.15) is 0 Å². The van der Waals surface area contributed by atoms with Crippen LogP contribution in [0.15, 0.2) is 4.42 Å². The fraction of sp³-hybridized carbons (Fsp3) is 0.727. The van der Waals surface area contributed by atoms with Crippen molar-refractivity contribution in [1.29, 1.82) is 0 Å². The third kappa shape index (κ3) is 2.58. The zero-order valence-electron chi connectivity index (χ0n) is 9.55. The Kier molecular flexibility index (Phi) is 4.14. The number of nitrogens with one attached hydrogen (secondary N) is 1. The van der Waals surface area contributed by atoms with Gasteiger partial charge in [-0.1, -0.05) is 20.8 Å². The lowest BCUT2D eigenvalue weighted by molar-refractivity contribution is 0.433. The van der Waals surface area contributed by atoms with E-state index in [0.29, 0.717) is 5.92 Å². The maximum Gasteiger partial charge on any atom is 0.197 e. The minimum absolute atomic E-state index is 0.378. The molecule has 0 atom stereocenters. The van der Waals surface area contributed by atoms with Crippen LogP contribution < -0.4 is 5.32 Å². The first-order valence-corrected chi connectivity index (χ1v) is 5.32. The van der Waals surface area contributed by atoms with Gasteiger partial charge < -0.3 is 9.73 Å². The molecular formula is C11H20N2O. The summed E-state index contributed by atoms with van der Waals surface area (Å²) in [6.45, 7) is 7.27. The summed E-state index contributed by atoms with van der Waals surface area (Å²) < 4.78 is 5.72. The van der Waals surface area contributed by atoms with E-state index in [4.69, 9.17) is 4.42 Å². The summed E-state index contributed by atoms with van der Waals surface area (Å²) >= 11 is 0. The summed E-state index contributed by atoms with van der Waals surface area (Å²) in [7, 11) is 1.95. The van der Waals surface area contributed by atoms with Gasteiger partial charge in [0, 0.05) is 18.9 Å². The van der Waals surface area contributed by atoms with Crippen LogP contribution in [0.4, 0.5) is 0 Å². The van der Waals surface area contributed by atoms with Crippen molar-refractivity contribution in [2.45, 2.75) is 39.5 Å². The molecule has 0 spiro atoms. The van der Waals surface area contributed by atoms with E-state index in [2.05, 4.69) is 31.1 Å². The molecule has 1 rings (SSSR count). The maximum absolute atomic E-state index is 5.72. The van der Waals surface area contributed by atoms with Crippen molar-refractivity contribution < 1.29 is 4.42 Å². The smallest absolute Gasteiger partial charge is 0.197 e. The predicted octanol–water partition coefficient (Wildman–Crippen LogP) is 2.12. The molecule has 1 N–H and O–H groups in total. The third-order valence-corrected chi connectivity index (χ3v) is 2.23. The Bertz CT molecular complexity index is 279. The van der Waals surface area contributed by atoms with E-state index < -0.39 is 0 Å². The zero-order chi connectivity index (χ0) is 10.6. The number of hydrogen-bond acceptors (Lipinski definition) is 3. The first-order chi connectivity index (χ1) is 6.69. The first kappa shape index (κ1) is 11.2. The van der Waals surface area contributed by atoms with Gasteiger partial charge in [-0.25, -0.2) is 4.98 Å². The lowest BCUT2D eigenvalue weighted by Crippen LogP contribution is -2.10. The molecule has 0 aliphatic rings. The summed E-state index contributed by atoms with van der Waals surface area (Å²) in [6, 6.07) is 0. The van der Waals surface area contributed by atoms with Crippen LogP contribution in [0.1, 0.15) is 44.0 Å². The van der Waals surface area contributed by atoms with Crippen molar-refractivity contribution in [2.75, 3.05) is 13.6 Å². The van der Waals surface area contributed by atoms with Crippen LogP contribution in [0.3, 0.4) is 0 Å². The van der Waals surface area contributed by atoms with Crippen molar-refractivity contribution in [3.05, 3.63) is 17.3 Å². The Morgan fingerprint density at radius 3 is 2.64 bits per heavy atom. The number of hydrogen-bond donors (Lipinski definition) is 1. The van der Waals surface area contributed by atoms with Crippen LogP contribution in [0.5, 0.6) is 0 Å². The molecular weight excluding hydrogens is 176 g/mol. The Morgan fingerprint density at radius 1 is 1.43 bits per heavy atom. The molecule has 0 aromatic carbocycles. The first-order valence-electron chi connectivity index (χ1n) is 5.32. The number of aryl methyl sites for hydroxylation is 1. The van der Waals surface area contributed by atoms with E-state index in [0.717, 1.165) is 36.7 Å². The molecule has 3 nitrogen and oxygen atoms in total. The van der Waals surface area contributed by atoms with Crippen molar-refractivity contribution in [3.63, 3.8) is 0 Å². The molecule has 80 valence electrons. The highest BCUT2D eigenvalue weighted by atomic mass is 16.4. The van der Waals surface area contributed by atoms with E-state index in [9.17, 15) is 0 Å².